The van der Waals surface area contributed by atoms with E-state index in [0.29, 0.717) is 28.7 Å². The summed E-state index contributed by atoms with van der Waals surface area (Å²) in [6.07, 6.45) is 1.79. The van der Waals surface area contributed by atoms with E-state index in [1.165, 1.54) is 24.0 Å². The van der Waals surface area contributed by atoms with E-state index in [1.807, 2.05) is 48.9 Å². The zero-order chi connectivity index (χ0) is 26.1. The number of fused-ring (bicyclic) bond motifs is 1. The molecule has 0 bridgehead atoms. The number of hydrogen-bond acceptors (Lipinski definition) is 4. The van der Waals surface area contributed by atoms with Crippen molar-refractivity contribution in [3.63, 3.8) is 0 Å². The average Bonchev–Trinajstić information content (AvgIpc) is 3.38. The van der Waals surface area contributed by atoms with Crippen molar-refractivity contribution in [1.29, 1.82) is 0 Å². The maximum atomic E-state index is 13.7. The number of hydrogen-bond donors (Lipinski definition) is 1. The molecular formula is C30H32N2O3S. The zero-order valence-electron chi connectivity index (χ0n) is 21.7. The normalized spacial score (nSPS) is 11.2. The third-order valence-corrected chi connectivity index (χ3v) is 7.52. The van der Waals surface area contributed by atoms with Gasteiger partial charge in [-0.15, -0.1) is 17.9 Å². The fourth-order valence-corrected chi connectivity index (χ4v) is 5.60. The van der Waals surface area contributed by atoms with Crippen LogP contribution in [0.2, 0.25) is 0 Å². The topological polar surface area (TPSA) is 60.3 Å². The Morgan fingerprint density at radius 1 is 1.11 bits per heavy atom. The van der Waals surface area contributed by atoms with Crippen LogP contribution < -0.4 is 5.32 Å². The van der Waals surface area contributed by atoms with Gasteiger partial charge >= 0.3 is 5.97 Å². The highest BCUT2D eigenvalue weighted by atomic mass is 32.1. The Balaban J connectivity index is 1.82. The lowest BCUT2D eigenvalue weighted by molar-refractivity contribution is 0.0603. The van der Waals surface area contributed by atoms with E-state index < -0.39 is 5.97 Å². The first-order valence-corrected chi connectivity index (χ1v) is 12.9. The monoisotopic (exact) mass is 500 g/mol. The average molecular weight is 501 g/mol. The van der Waals surface area contributed by atoms with Gasteiger partial charge in [-0.05, 0) is 61.1 Å². The van der Waals surface area contributed by atoms with Crippen LogP contribution in [0.15, 0.2) is 54.4 Å². The number of allylic oxidation sites excluding steroid dienone is 1. The van der Waals surface area contributed by atoms with Gasteiger partial charge in [0.15, 0.2) is 0 Å². The van der Waals surface area contributed by atoms with E-state index >= 15 is 0 Å². The summed E-state index contributed by atoms with van der Waals surface area (Å²) in [5.41, 5.74) is 7.88. The second-order valence-electron chi connectivity index (χ2n) is 9.42. The maximum absolute atomic E-state index is 13.7. The highest BCUT2D eigenvalue weighted by molar-refractivity contribution is 7.15. The molecule has 5 nitrogen and oxygen atoms in total. The van der Waals surface area contributed by atoms with Crippen LogP contribution in [0.5, 0.6) is 0 Å². The Bertz CT molecular complexity index is 1490. The number of nitrogens with one attached hydrogen (secondary N) is 1. The first kappa shape index (κ1) is 25.5. The molecule has 0 saturated heterocycles. The summed E-state index contributed by atoms with van der Waals surface area (Å²) in [6.45, 7) is 14.7. The number of rotatable bonds is 7. The van der Waals surface area contributed by atoms with Gasteiger partial charge < -0.3 is 14.6 Å². The molecule has 4 aromatic rings. The number of carbonyl (C=O) groups is 2. The molecule has 6 heteroatoms. The number of carbonyl (C=O) groups excluding carboxylic acids is 2. The summed E-state index contributed by atoms with van der Waals surface area (Å²) >= 11 is 1.33. The minimum absolute atomic E-state index is 0.267. The molecule has 186 valence electrons. The third-order valence-electron chi connectivity index (χ3n) is 6.62. The number of amides is 1. The Morgan fingerprint density at radius 3 is 2.53 bits per heavy atom. The van der Waals surface area contributed by atoms with Crippen molar-refractivity contribution in [2.45, 2.75) is 47.1 Å². The first-order chi connectivity index (χ1) is 17.2. The largest absolute Gasteiger partial charge is 0.465 e. The van der Waals surface area contributed by atoms with Crippen molar-refractivity contribution < 1.29 is 14.3 Å². The number of methoxy groups -OCH3 is 1. The van der Waals surface area contributed by atoms with Crippen LogP contribution in [-0.2, 0) is 11.3 Å². The summed E-state index contributed by atoms with van der Waals surface area (Å²) in [5.74, 6) is -0.366. The second-order valence-corrected chi connectivity index (χ2v) is 10.3. The SMILES string of the molecule is C=CCn1c(C(=O)Nc2scc(-c3cc(C)ccc3C)c2C(=O)OC)c(C)c2cc(C(C)C)ccc21. The van der Waals surface area contributed by atoms with E-state index in [4.69, 9.17) is 4.74 Å². The molecule has 36 heavy (non-hydrogen) atoms. The van der Waals surface area contributed by atoms with E-state index in [1.54, 1.807) is 6.08 Å². The van der Waals surface area contributed by atoms with Crippen molar-refractivity contribution in [2.24, 2.45) is 0 Å². The molecule has 0 radical (unpaired) electrons. The molecule has 0 aliphatic heterocycles. The standard InChI is InChI=1S/C30H32N2O3S/c1-8-13-32-25-12-11-21(17(2)3)15-23(25)20(6)27(32)28(33)31-29-26(30(34)35-7)24(16-36-29)22-14-18(4)9-10-19(22)5/h8-12,14-17H,1,13H2,2-7H3,(H,31,33). The van der Waals surface area contributed by atoms with Crippen LogP contribution >= 0.6 is 11.3 Å². The molecular weight excluding hydrogens is 468 g/mol. The molecule has 0 atom stereocenters. The molecule has 0 fully saturated rings. The molecule has 0 aliphatic rings. The van der Waals surface area contributed by atoms with Gasteiger partial charge in [0.2, 0.25) is 0 Å². The Labute approximate surface area is 216 Å². The van der Waals surface area contributed by atoms with Crippen molar-refractivity contribution in [1.82, 2.24) is 4.57 Å². The number of thiophene rings is 1. The molecule has 1 N–H and O–H groups in total. The minimum atomic E-state index is -0.479. The highest BCUT2D eigenvalue weighted by Gasteiger charge is 2.26. The number of esters is 1. The minimum Gasteiger partial charge on any atom is -0.465 e. The van der Waals surface area contributed by atoms with Gasteiger partial charge in [-0.3, -0.25) is 4.79 Å². The fraction of sp³-hybridized carbons (Fsp3) is 0.267. The quantitative estimate of drug-likeness (QED) is 0.209. The van der Waals surface area contributed by atoms with Crippen LogP contribution in [0.3, 0.4) is 0 Å². The summed E-state index contributed by atoms with van der Waals surface area (Å²) in [5, 5.41) is 6.45. The van der Waals surface area contributed by atoms with Crippen LogP contribution in [0, 0.1) is 20.8 Å². The molecule has 2 aromatic carbocycles. The molecule has 0 saturated carbocycles. The predicted molar refractivity (Wildman–Crippen MR) is 149 cm³/mol. The molecule has 1 amide bonds. The molecule has 0 unspecified atom stereocenters. The van der Waals surface area contributed by atoms with Crippen molar-refractivity contribution in [3.8, 4) is 11.1 Å². The van der Waals surface area contributed by atoms with Gasteiger partial charge in [0, 0.05) is 28.4 Å². The lowest BCUT2D eigenvalue weighted by atomic mass is 9.97. The van der Waals surface area contributed by atoms with Crippen molar-refractivity contribution >= 4 is 39.1 Å². The number of aryl methyl sites for hydroxylation is 3. The molecule has 0 aliphatic carbocycles. The Kier molecular flexibility index (Phi) is 7.18. The number of ether oxygens (including phenoxy) is 1. The van der Waals surface area contributed by atoms with Crippen LogP contribution in [0.25, 0.3) is 22.0 Å². The van der Waals surface area contributed by atoms with Crippen LogP contribution in [0.4, 0.5) is 5.00 Å². The van der Waals surface area contributed by atoms with Gasteiger partial charge in [-0.25, -0.2) is 4.79 Å². The molecule has 2 aromatic heterocycles. The van der Waals surface area contributed by atoms with Crippen molar-refractivity contribution in [3.05, 3.63) is 87.9 Å². The van der Waals surface area contributed by atoms with Crippen LogP contribution in [-0.4, -0.2) is 23.6 Å². The molecule has 2 heterocycles. The molecule has 4 rings (SSSR count). The number of aromatic nitrogens is 1. The van der Waals surface area contributed by atoms with Gasteiger partial charge in [0.05, 0.1) is 7.11 Å². The van der Waals surface area contributed by atoms with Crippen molar-refractivity contribution in [2.75, 3.05) is 12.4 Å². The van der Waals surface area contributed by atoms with Gasteiger partial charge in [0.25, 0.3) is 5.91 Å². The lowest BCUT2D eigenvalue weighted by Crippen LogP contribution is -2.19. The predicted octanol–water partition coefficient (Wildman–Crippen LogP) is 7.64. The van der Waals surface area contributed by atoms with E-state index in [-0.39, 0.29) is 5.91 Å². The smallest absolute Gasteiger partial charge is 0.341 e. The van der Waals surface area contributed by atoms with Crippen LogP contribution in [0.1, 0.15) is 62.9 Å². The fourth-order valence-electron chi connectivity index (χ4n) is 4.65. The first-order valence-electron chi connectivity index (χ1n) is 12.0. The van der Waals surface area contributed by atoms with Gasteiger partial charge in [-0.2, -0.15) is 0 Å². The maximum Gasteiger partial charge on any atom is 0.341 e. The Hall–Kier alpha value is -3.64. The van der Waals surface area contributed by atoms with Gasteiger partial charge in [-0.1, -0.05) is 49.8 Å². The number of anilines is 1. The second kappa shape index (κ2) is 10.2. The van der Waals surface area contributed by atoms with E-state index in [2.05, 4.69) is 43.9 Å². The van der Waals surface area contributed by atoms with Gasteiger partial charge in [0.1, 0.15) is 16.3 Å². The summed E-state index contributed by atoms with van der Waals surface area (Å²) in [7, 11) is 1.36. The number of benzene rings is 2. The Morgan fingerprint density at radius 2 is 1.86 bits per heavy atom. The summed E-state index contributed by atoms with van der Waals surface area (Å²) in [6, 6.07) is 12.5. The van der Waals surface area contributed by atoms with E-state index in [0.717, 1.165) is 38.7 Å². The zero-order valence-corrected chi connectivity index (χ0v) is 22.5. The van der Waals surface area contributed by atoms with E-state index in [9.17, 15) is 9.59 Å². The molecule has 0 spiro atoms. The highest BCUT2D eigenvalue weighted by Crippen LogP contribution is 2.39. The lowest BCUT2D eigenvalue weighted by Gasteiger charge is -2.12. The summed E-state index contributed by atoms with van der Waals surface area (Å²) in [4.78, 5) is 26.6. The number of nitrogens with zero attached hydrogens (tertiary/aromatic N) is 1. The summed E-state index contributed by atoms with van der Waals surface area (Å²) < 4.78 is 7.10. The third kappa shape index (κ3) is 4.49.